The number of rotatable bonds is 5. The van der Waals surface area contributed by atoms with Gasteiger partial charge in [-0.3, -0.25) is 0 Å². The third-order valence-corrected chi connectivity index (χ3v) is 6.08. The maximum Gasteiger partial charge on any atom is 0.225 e. The third kappa shape index (κ3) is 3.44. The van der Waals surface area contributed by atoms with Crippen LogP contribution in [0.3, 0.4) is 0 Å². The Morgan fingerprint density at radius 1 is 0.792 bits per heavy atom. The Bertz CT molecular complexity index is 718. The highest BCUT2D eigenvalue weighted by molar-refractivity contribution is 6.84. The Hall–Kier alpha value is -1.93. The van der Waals surface area contributed by atoms with Crippen molar-refractivity contribution in [2.45, 2.75) is 19.7 Å². The van der Waals surface area contributed by atoms with Gasteiger partial charge >= 0.3 is 0 Å². The van der Waals surface area contributed by atoms with E-state index in [1.54, 1.807) is 24.3 Å². The molecule has 2 rings (SSSR count). The number of ether oxygens (including phenoxy) is 1. The predicted octanol–water partition coefficient (Wildman–Crippen LogP) is 4.02. The number of hydrogen-bond donors (Lipinski definition) is 0. The Kier molecular flexibility index (Phi) is 5.29. The van der Waals surface area contributed by atoms with Gasteiger partial charge in [0.2, 0.25) is 14.1 Å². The molecule has 0 saturated heterocycles. The highest BCUT2D eigenvalue weighted by atomic mass is 28.4. The Morgan fingerprint density at radius 3 is 1.71 bits per heavy atom. The minimum Gasteiger partial charge on any atom is -0.497 e. The van der Waals surface area contributed by atoms with Gasteiger partial charge in [0, 0.05) is 5.19 Å². The normalized spacial score (nSPS) is 11.7. The average Bonchev–Trinajstić information content (AvgIpc) is 2.57. The minimum atomic E-state index is -3.39. The molecular formula is C16H15F5O2Si. The lowest BCUT2D eigenvalue weighted by molar-refractivity contribution is 0.299. The molecule has 0 bridgehead atoms. The first kappa shape index (κ1) is 18.4. The van der Waals surface area contributed by atoms with Crippen LogP contribution in [0.15, 0.2) is 24.3 Å². The summed E-state index contributed by atoms with van der Waals surface area (Å²) in [4.78, 5) is 0. The molecule has 0 fully saturated rings. The van der Waals surface area contributed by atoms with E-state index in [0.29, 0.717) is 11.3 Å². The molecule has 0 amide bonds. The number of benzene rings is 2. The third-order valence-electron chi connectivity index (χ3n) is 3.57. The molecule has 130 valence electrons. The van der Waals surface area contributed by atoms with Crippen molar-refractivity contribution in [1.82, 2.24) is 0 Å². The fraction of sp³-hybridized carbons (Fsp3) is 0.250. The van der Waals surface area contributed by atoms with Gasteiger partial charge in [0.25, 0.3) is 0 Å². The monoisotopic (exact) mass is 362 g/mol. The van der Waals surface area contributed by atoms with Crippen LogP contribution in [0.5, 0.6) is 5.75 Å². The van der Waals surface area contributed by atoms with Crippen LogP contribution >= 0.6 is 0 Å². The molecule has 0 N–H and O–H groups in total. The van der Waals surface area contributed by atoms with Gasteiger partial charge in [0.1, 0.15) is 5.75 Å². The first-order valence-corrected chi connectivity index (χ1v) is 9.88. The quantitative estimate of drug-likeness (QED) is 0.346. The van der Waals surface area contributed by atoms with Crippen LogP contribution in [0.2, 0.25) is 13.1 Å². The minimum absolute atomic E-state index is 0.0251. The van der Waals surface area contributed by atoms with E-state index in [2.05, 4.69) is 0 Å². The maximum absolute atomic E-state index is 13.9. The van der Waals surface area contributed by atoms with Crippen LogP contribution in [0, 0.1) is 29.1 Å². The Labute approximate surface area is 137 Å². The van der Waals surface area contributed by atoms with Crippen LogP contribution in [0.4, 0.5) is 22.0 Å². The van der Waals surface area contributed by atoms with Gasteiger partial charge in [0.15, 0.2) is 23.3 Å². The van der Waals surface area contributed by atoms with Crippen molar-refractivity contribution < 1.29 is 31.1 Å². The summed E-state index contributed by atoms with van der Waals surface area (Å²) in [6.45, 7) is 2.71. The molecule has 0 aromatic heterocycles. The summed E-state index contributed by atoms with van der Waals surface area (Å²) < 4.78 is 78.3. The van der Waals surface area contributed by atoms with Gasteiger partial charge in [-0.1, -0.05) is 12.1 Å². The second-order valence-electron chi connectivity index (χ2n) is 5.59. The molecule has 2 nitrogen and oxygen atoms in total. The maximum atomic E-state index is 13.9. The molecule has 2 aromatic carbocycles. The first-order valence-electron chi connectivity index (χ1n) is 6.98. The van der Waals surface area contributed by atoms with Gasteiger partial charge in [-0.15, -0.1) is 0 Å². The van der Waals surface area contributed by atoms with Gasteiger partial charge in [-0.25, -0.2) is 22.0 Å². The number of halogens is 5. The summed E-state index contributed by atoms with van der Waals surface area (Å²) in [7, 11) is -1.88. The lowest BCUT2D eigenvalue weighted by atomic mass is 10.2. The average molecular weight is 362 g/mol. The topological polar surface area (TPSA) is 18.5 Å². The van der Waals surface area contributed by atoms with E-state index >= 15 is 0 Å². The SMILES string of the molecule is COc1ccc(CO[Si](C)(C)c2c(F)c(F)c(F)c(F)c2F)cc1. The fourth-order valence-electron chi connectivity index (χ4n) is 2.19. The van der Waals surface area contributed by atoms with E-state index in [1.807, 2.05) is 0 Å². The summed E-state index contributed by atoms with van der Waals surface area (Å²) in [5.41, 5.74) is 0.681. The largest absolute Gasteiger partial charge is 0.497 e. The summed E-state index contributed by atoms with van der Waals surface area (Å²) >= 11 is 0. The molecule has 0 atom stereocenters. The summed E-state index contributed by atoms with van der Waals surface area (Å²) in [6.07, 6.45) is 0. The highest BCUT2D eigenvalue weighted by Crippen LogP contribution is 2.21. The molecule has 2 aromatic rings. The highest BCUT2D eigenvalue weighted by Gasteiger charge is 2.38. The first-order chi connectivity index (χ1) is 11.2. The number of methoxy groups -OCH3 is 1. The lowest BCUT2D eigenvalue weighted by Crippen LogP contribution is -2.49. The van der Waals surface area contributed by atoms with E-state index in [-0.39, 0.29) is 6.61 Å². The van der Waals surface area contributed by atoms with E-state index in [0.717, 1.165) is 0 Å². The molecular weight excluding hydrogens is 347 g/mol. The van der Waals surface area contributed by atoms with Crippen LogP contribution in [-0.4, -0.2) is 15.4 Å². The van der Waals surface area contributed by atoms with E-state index in [1.165, 1.54) is 20.2 Å². The molecule has 0 radical (unpaired) electrons. The summed E-state index contributed by atoms with van der Waals surface area (Å²) in [6, 6.07) is 6.71. The molecule has 0 unspecified atom stereocenters. The molecule has 0 spiro atoms. The van der Waals surface area contributed by atoms with Gasteiger partial charge < -0.3 is 9.16 Å². The van der Waals surface area contributed by atoms with Gasteiger partial charge in [-0.2, -0.15) is 0 Å². The lowest BCUT2D eigenvalue weighted by Gasteiger charge is -2.25. The number of hydrogen-bond acceptors (Lipinski definition) is 2. The molecule has 0 aliphatic rings. The van der Waals surface area contributed by atoms with E-state index in [9.17, 15) is 22.0 Å². The van der Waals surface area contributed by atoms with Crippen molar-refractivity contribution in [2.24, 2.45) is 0 Å². The fourth-order valence-corrected chi connectivity index (χ4v) is 4.14. The second-order valence-corrected chi connectivity index (χ2v) is 9.40. The molecule has 0 aliphatic carbocycles. The Balaban J connectivity index is 2.30. The van der Waals surface area contributed by atoms with Crippen LogP contribution < -0.4 is 9.92 Å². The zero-order valence-corrected chi connectivity index (χ0v) is 14.2. The zero-order valence-electron chi connectivity index (χ0n) is 13.2. The van der Waals surface area contributed by atoms with Crippen LogP contribution in [0.25, 0.3) is 0 Å². The molecule has 24 heavy (non-hydrogen) atoms. The smallest absolute Gasteiger partial charge is 0.225 e. The van der Waals surface area contributed by atoms with Crippen molar-refractivity contribution in [1.29, 1.82) is 0 Å². The molecule has 0 saturated carbocycles. The van der Waals surface area contributed by atoms with Crippen LogP contribution in [0.1, 0.15) is 5.56 Å². The van der Waals surface area contributed by atoms with Crippen molar-refractivity contribution >= 4 is 13.5 Å². The van der Waals surface area contributed by atoms with Crippen molar-refractivity contribution in [3.8, 4) is 5.75 Å². The van der Waals surface area contributed by atoms with Crippen molar-refractivity contribution in [3.05, 3.63) is 58.9 Å². The van der Waals surface area contributed by atoms with E-state index in [4.69, 9.17) is 9.16 Å². The molecule has 8 heteroatoms. The second kappa shape index (κ2) is 6.90. The molecule has 0 heterocycles. The van der Waals surface area contributed by atoms with E-state index < -0.39 is 42.6 Å². The summed E-state index contributed by atoms with van der Waals surface area (Å²) in [5.74, 6) is -9.14. The molecule has 0 aliphatic heterocycles. The summed E-state index contributed by atoms with van der Waals surface area (Å²) in [5, 5.41) is -0.868. The standard InChI is InChI=1S/C16H15F5O2Si/c1-22-10-6-4-9(5-7-10)8-23-24(2,3)16-14(20)12(18)11(17)13(19)15(16)21/h4-7H,8H2,1-3H3. The van der Waals surface area contributed by atoms with Crippen LogP contribution in [-0.2, 0) is 11.0 Å². The zero-order chi connectivity index (χ0) is 18.1. The van der Waals surface area contributed by atoms with Crippen molar-refractivity contribution in [2.75, 3.05) is 7.11 Å². The van der Waals surface area contributed by atoms with Crippen molar-refractivity contribution in [3.63, 3.8) is 0 Å². The predicted molar refractivity (Wildman–Crippen MR) is 81.1 cm³/mol. The Morgan fingerprint density at radius 2 is 1.25 bits per heavy atom. The van der Waals surface area contributed by atoms with Gasteiger partial charge in [-0.05, 0) is 30.8 Å². The van der Waals surface area contributed by atoms with Gasteiger partial charge in [0.05, 0.1) is 13.7 Å².